The summed E-state index contributed by atoms with van der Waals surface area (Å²) in [7, 11) is 1.61. The molecule has 0 spiro atoms. The second-order valence-corrected chi connectivity index (χ2v) is 7.54. The average Bonchev–Trinajstić information content (AvgIpc) is 2.80. The third-order valence-corrected chi connectivity index (χ3v) is 5.02. The number of nitrogens with zero attached hydrogens (tertiary/aromatic N) is 3. The van der Waals surface area contributed by atoms with Gasteiger partial charge in [0.25, 0.3) is 0 Å². The summed E-state index contributed by atoms with van der Waals surface area (Å²) in [6, 6.07) is 14.5. The summed E-state index contributed by atoms with van der Waals surface area (Å²) in [6.07, 6.45) is 1.75. The highest BCUT2D eigenvalue weighted by molar-refractivity contribution is 8.14. The van der Waals surface area contributed by atoms with Gasteiger partial charge in [0.2, 0.25) is 17.0 Å². The lowest BCUT2D eigenvalue weighted by Crippen LogP contribution is -2.33. The fourth-order valence-corrected chi connectivity index (χ4v) is 3.43. The van der Waals surface area contributed by atoms with Gasteiger partial charge in [-0.25, -0.2) is 0 Å². The number of anilines is 1. The zero-order chi connectivity index (χ0) is 22.8. The van der Waals surface area contributed by atoms with E-state index in [9.17, 15) is 4.79 Å². The number of benzene rings is 2. The standard InChI is InChI=1S/C23H26N4O4S/c1-4-14-27-15-22(31-20-12-10-18(29-3)11-13-20)25-23(26-27)32-16-21(28)24-17-6-8-19(9-7-17)30-5-2/h4,6-13H,1,5,14-16H2,2-3H3,(H,24,28). The quantitative estimate of drug-likeness (QED) is 0.576. The molecule has 1 heterocycles. The van der Waals surface area contributed by atoms with E-state index in [1.54, 1.807) is 30.3 Å². The minimum absolute atomic E-state index is 0.157. The summed E-state index contributed by atoms with van der Waals surface area (Å²) < 4.78 is 16.5. The normalized spacial score (nSPS) is 13.0. The Hall–Kier alpha value is -3.46. The van der Waals surface area contributed by atoms with Crippen molar-refractivity contribution in [2.45, 2.75) is 6.92 Å². The number of rotatable bonds is 9. The first kappa shape index (κ1) is 23.2. The molecule has 0 saturated heterocycles. The first-order valence-corrected chi connectivity index (χ1v) is 11.1. The summed E-state index contributed by atoms with van der Waals surface area (Å²) in [6.45, 7) is 7.22. The van der Waals surface area contributed by atoms with Crippen molar-refractivity contribution in [1.29, 1.82) is 0 Å². The molecule has 0 bridgehead atoms. The summed E-state index contributed by atoms with van der Waals surface area (Å²) in [5.74, 6) is 2.64. The summed E-state index contributed by atoms with van der Waals surface area (Å²) >= 11 is 1.24. The number of ether oxygens (including phenoxy) is 3. The number of amides is 1. The molecule has 1 aliphatic heterocycles. The van der Waals surface area contributed by atoms with Gasteiger partial charge in [-0.15, -0.1) is 11.7 Å². The monoisotopic (exact) mass is 454 g/mol. The van der Waals surface area contributed by atoms with Gasteiger partial charge in [-0.2, -0.15) is 4.99 Å². The number of thioether (sulfide) groups is 1. The predicted molar refractivity (Wildman–Crippen MR) is 129 cm³/mol. The molecular weight excluding hydrogens is 428 g/mol. The minimum atomic E-state index is -0.157. The van der Waals surface area contributed by atoms with Crippen LogP contribution in [-0.4, -0.2) is 54.5 Å². The van der Waals surface area contributed by atoms with E-state index < -0.39 is 0 Å². The third-order valence-electron chi connectivity index (χ3n) is 4.18. The van der Waals surface area contributed by atoms with E-state index in [0.29, 0.717) is 42.2 Å². The maximum absolute atomic E-state index is 12.4. The predicted octanol–water partition coefficient (Wildman–Crippen LogP) is 4.02. The van der Waals surface area contributed by atoms with Crippen molar-refractivity contribution in [2.24, 2.45) is 10.1 Å². The highest BCUT2D eigenvalue weighted by Crippen LogP contribution is 2.20. The van der Waals surface area contributed by atoms with Gasteiger partial charge in [0, 0.05) is 5.69 Å². The van der Waals surface area contributed by atoms with Gasteiger partial charge in [-0.3, -0.25) is 9.80 Å². The van der Waals surface area contributed by atoms with E-state index in [1.165, 1.54) is 11.8 Å². The Bertz CT molecular complexity index is 974. The molecule has 0 fully saturated rings. The van der Waals surface area contributed by atoms with Gasteiger partial charge in [-0.1, -0.05) is 17.8 Å². The van der Waals surface area contributed by atoms with E-state index in [2.05, 4.69) is 22.0 Å². The molecule has 0 unspecified atom stereocenters. The van der Waals surface area contributed by atoms with Crippen LogP contribution >= 0.6 is 11.8 Å². The van der Waals surface area contributed by atoms with Crippen LogP contribution in [0.25, 0.3) is 0 Å². The molecule has 1 N–H and O–H groups in total. The molecule has 0 aromatic heterocycles. The SMILES string of the molecule is C=CCN1CC(Oc2ccc(OC)cc2)=NC(SCC(=O)Nc2ccc(OCC)cc2)=N1. The van der Waals surface area contributed by atoms with Crippen LogP contribution in [0.1, 0.15) is 6.92 Å². The van der Waals surface area contributed by atoms with Crippen LogP contribution in [0.15, 0.2) is 71.3 Å². The summed E-state index contributed by atoms with van der Waals surface area (Å²) in [4.78, 5) is 16.8. The molecule has 2 aromatic rings. The van der Waals surface area contributed by atoms with Crippen LogP contribution in [0.4, 0.5) is 5.69 Å². The molecule has 0 aliphatic carbocycles. The van der Waals surface area contributed by atoms with Gasteiger partial charge >= 0.3 is 0 Å². The van der Waals surface area contributed by atoms with Gasteiger partial charge in [0.15, 0.2) is 0 Å². The van der Waals surface area contributed by atoms with Crippen molar-refractivity contribution in [2.75, 3.05) is 37.9 Å². The number of carbonyl (C=O) groups excluding carboxylic acids is 1. The van der Waals surface area contributed by atoms with Crippen molar-refractivity contribution in [3.8, 4) is 17.2 Å². The Morgan fingerprint density at radius 2 is 1.84 bits per heavy atom. The van der Waals surface area contributed by atoms with Crippen LogP contribution in [0.2, 0.25) is 0 Å². The smallest absolute Gasteiger partial charge is 0.234 e. The first-order valence-electron chi connectivity index (χ1n) is 10.1. The lowest BCUT2D eigenvalue weighted by atomic mass is 10.3. The van der Waals surface area contributed by atoms with Crippen molar-refractivity contribution in [3.05, 3.63) is 61.2 Å². The number of hydrogen-bond donors (Lipinski definition) is 1. The maximum atomic E-state index is 12.4. The van der Waals surface area contributed by atoms with Gasteiger partial charge in [0.1, 0.15) is 23.8 Å². The number of nitrogens with one attached hydrogen (secondary N) is 1. The summed E-state index contributed by atoms with van der Waals surface area (Å²) in [5.41, 5.74) is 0.699. The van der Waals surface area contributed by atoms with Crippen LogP contribution < -0.4 is 19.5 Å². The minimum Gasteiger partial charge on any atom is -0.497 e. The van der Waals surface area contributed by atoms with E-state index in [4.69, 9.17) is 14.2 Å². The van der Waals surface area contributed by atoms with Crippen LogP contribution in [0.3, 0.4) is 0 Å². The number of amidine groups is 1. The lowest BCUT2D eigenvalue weighted by molar-refractivity contribution is -0.113. The number of hydrazone groups is 1. The van der Waals surface area contributed by atoms with Crippen LogP contribution in [0, 0.1) is 0 Å². The number of aliphatic imine (C=N–C) groups is 1. The topological polar surface area (TPSA) is 84.8 Å². The second kappa shape index (κ2) is 11.8. The molecule has 0 atom stereocenters. The van der Waals surface area contributed by atoms with Crippen molar-refractivity contribution >= 4 is 34.4 Å². The Balaban J connectivity index is 1.59. The first-order chi connectivity index (χ1) is 15.6. The average molecular weight is 455 g/mol. The van der Waals surface area contributed by atoms with E-state index in [-0.39, 0.29) is 11.7 Å². The number of methoxy groups -OCH3 is 1. The Kier molecular flexibility index (Phi) is 8.56. The zero-order valence-corrected chi connectivity index (χ0v) is 18.9. The molecule has 168 valence electrons. The van der Waals surface area contributed by atoms with Crippen molar-refractivity contribution in [1.82, 2.24) is 5.01 Å². The molecule has 9 heteroatoms. The highest BCUT2D eigenvalue weighted by Gasteiger charge is 2.18. The van der Waals surface area contributed by atoms with Crippen LogP contribution in [0.5, 0.6) is 17.2 Å². The molecule has 0 saturated carbocycles. The molecule has 1 amide bonds. The fraction of sp³-hybridized carbons (Fsp3) is 0.261. The van der Waals surface area contributed by atoms with Gasteiger partial charge in [-0.05, 0) is 55.5 Å². The Labute approximate surface area is 192 Å². The molecule has 2 aromatic carbocycles. The van der Waals surface area contributed by atoms with Gasteiger partial charge in [0.05, 0.1) is 26.0 Å². The van der Waals surface area contributed by atoms with E-state index in [0.717, 1.165) is 11.5 Å². The Morgan fingerprint density at radius 3 is 2.50 bits per heavy atom. The zero-order valence-electron chi connectivity index (χ0n) is 18.1. The van der Waals surface area contributed by atoms with E-state index >= 15 is 0 Å². The largest absolute Gasteiger partial charge is 0.497 e. The second-order valence-electron chi connectivity index (χ2n) is 6.60. The number of hydrogen-bond acceptors (Lipinski definition) is 8. The molecule has 0 radical (unpaired) electrons. The van der Waals surface area contributed by atoms with Crippen LogP contribution in [-0.2, 0) is 4.79 Å². The van der Waals surface area contributed by atoms with Crippen molar-refractivity contribution in [3.63, 3.8) is 0 Å². The summed E-state index contributed by atoms with van der Waals surface area (Å²) in [5, 5.41) is 9.55. The number of carbonyl (C=O) groups is 1. The molecule has 32 heavy (non-hydrogen) atoms. The van der Waals surface area contributed by atoms with Gasteiger partial charge < -0.3 is 19.5 Å². The Morgan fingerprint density at radius 1 is 1.16 bits per heavy atom. The van der Waals surface area contributed by atoms with E-state index in [1.807, 2.05) is 43.3 Å². The highest BCUT2D eigenvalue weighted by atomic mass is 32.2. The fourth-order valence-electron chi connectivity index (χ4n) is 2.76. The lowest BCUT2D eigenvalue weighted by Gasteiger charge is -2.23. The molecule has 1 aliphatic rings. The molecule has 3 rings (SSSR count). The third kappa shape index (κ3) is 7.05. The molecule has 8 nitrogen and oxygen atoms in total. The molecular formula is C23H26N4O4S. The maximum Gasteiger partial charge on any atom is 0.234 e. The van der Waals surface area contributed by atoms with Crippen molar-refractivity contribution < 1.29 is 19.0 Å².